The summed E-state index contributed by atoms with van der Waals surface area (Å²) in [4.78, 5) is 20.7. The molecular weight excluding hydrogens is 320 g/mol. The highest BCUT2D eigenvalue weighted by atomic mass is 32.1. The van der Waals surface area contributed by atoms with E-state index in [9.17, 15) is 4.79 Å². The van der Waals surface area contributed by atoms with Crippen LogP contribution >= 0.6 is 11.3 Å². The van der Waals surface area contributed by atoms with E-state index in [1.807, 2.05) is 47.7 Å². The fourth-order valence-corrected chi connectivity index (χ4v) is 4.10. The number of fused-ring (bicyclic) bond motifs is 1. The third-order valence-corrected chi connectivity index (χ3v) is 5.41. The lowest BCUT2D eigenvalue weighted by Gasteiger charge is -2.35. The Balaban J connectivity index is 1.61. The van der Waals surface area contributed by atoms with Gasteiger partial charge in [0.25, 0.3) is 0 Å². The Morgan fingerprint density at radius 3 is 3.12 bits per heavy atom. The van der Waals surface area contributed by atoms with Crippen LogP contribution in [0.25, 0.3) is 5.65 Å². The van der Waals surface area contributed by atoms with E-state index >= 15 is 0 Å². The zero-order valence-corrected chi connectivity index (χ0v) is 14.5. The summed E-state index contributed by atoms with van der Waals surface area (Å²) in [6.07, 6.45) is 5.62. The number of carbonyl (C=O) groups excluding carboxylic acids is 1. The largest absolute Gasteiger partial charge is 0.334 e. The van der Waals surface area contributed by atoms with Gasteiger partial charge in [-0.1, -0.05) is 6.07 Å². The predicted octanol–water partition coefficient (Wildman–Crippen LogP) is 3.40. The molecule has 0 unspecified atom stereocenters. The van der Waals surface area contributed by atoms with Crippen molar-refractivity contribution in [2.45, 2.75) is 38.6 Å². The summed E-state index contributed by atoms with van der Waals surface area (Å²) < 4.78 is 1.79. The van der Waals surface area contributed by atoms with Crippen molar-refractivity contribution in [2.75, 3.05) is 6.54 Å². The lowest BCUT2D eigenvalue weighted by Crippen LogP contribution is -2.39. The first-order valence-corrected chi connectivity index (χ1v) is 9.23. The van der Waals surface area contributed by atoms with Crippen molar-refractivity contribution >= 4 is 22.9 Å². The van der Waals surface area contributed by atoms with Crippen molar-refractivity contribution in [2.24, 2.45) is 0 Å². The van der Waals surface area contributed by atoms with E-state index in [-0.39, 0.29) is 11.9 Å². The third-order valence-electron chi connectivity index (χ3n) is 4.54. The van der Waals surface area contributed by atoms with Crippen LogP contribution in [0, 0.1) is 6.92 Å². The minimum absolute atomic E-state index is 0.0754. The van der Waals surface area contributed by atoms with Gasteiger partial charge in [0, 0.05) is 23.7 Å². The molecule has 0 spiro atoms. The zero-order chi connectivity index (χ0) is 16.5. The van der Waals surface area contributed by atoms with Gasteiger partial charge >= 0.3 is 0 Å². The summed E-state index contributed by atoms with van der Waals surface area (Å²) in [5.74, 6) is 0.202. The molecular formula is C18H20N4OS. The summed E-state index contributed by atoms with van der Waals surface area (Å²) in [7, 11) is 0. The van der Waals surface area contributed by atoms with Gasteiger partial charge in [-0.3, -0.25) is 4.79 Å². The van der Waals surface area contributed by atoms with Gasteiger partial charge in [-0.2, -0.15) is 5.10 Å². The molecule has 6 heteroatoms. The predicted molar refractivity (Wildman–Crippen MR) is 94.1 cm³/mol. The SMILES string of the molecule is Cc1cc2nc([C@H]3CCCCN3C(=O)Cc3cccs3)ccn2n1. The van der Waals surface area contributed by atoms with E-state index in [1.54, 1.807) is 15.9 Å². The Labute approximate surface area is 144 Å². The molecule has 0 aromatic carbocycles. The number of hydrogen-bond donors (Lipinski definition) is 0. The zero-order valence-electron chi connectivity index (χ0n) is 13.7. The van der Waals surface area contributed by atoms with E-state index in [1.165, 1.54) is 0 Å². The third kappa shape index (κ3) is 2.94. The maximum Gasteiger partial charge on any atom is 0.228 e. The molecule has 0 radical (unpaired) electrons. The van der Waals surface area contributed by atoms with E-state index in [0.29, 0.717) is 6.42 Å². The second-order valence-electron chi connectivity index (χ2n) is 6.30. The Morgan fingerprint density at radius 1 is 1.38 bits per heavy atom. The summed E-state index contributed by atoms with van der Waals surface area (Å²) in [6, 6.07) is 8.08. The number of piperidine rings is 1. The topological polar surface area (TPSA) is 50.5 Å². The Bertz CT molecular complexity index is 855. The summed E-state index contributed by atoms with van der Waals surface area (Å²) in [5.41, 5.74) is 2.77. The highest BCUT2D eigenvalue weighted by Gasteiger charge is 2.29. The molecule has 5 nitrogen and oxygen atoms in total. The number of likely N-dealkylation sites (tertiary alicyclic amines) is 1. The quantitative estimate of drug-likeness (QED) is 0.734. The van der Waals surface area contributed by atoms with E-state index in [0.717, 1.165) is 47.7 Å². The van der Waals surface area contributed by atoms with E-state index in [4.69, 9.17) is 4.98 Å². The molecule has 1 atom stereocenters. The van der Waals surface area contributed by atoms with Crippen LogP contribution in [0.1, 0.15) is 41.6 Å². The van der Waals surface area contributed by atoms with Crippen LogP contribution in [0.3, 0.4) is 0 Å². The van der Waals surface area contributed by atoms with Gasteiger partial charge in [-0.15, -0.1) is 11.3 Å². The number of amides is 1. The molecule has 4 heterocycles. The average molecular weight is 340 g/mol. The van der Waals surface area contributed by atoms with Crippen molar-refractivity contribution < 1.29 is 4.79 Å². The molecule has 124 valence electrons. The molecule has 3 aromatic rings. The van der Waals surface area contributed by atoms with Crippen LogP contribution in [0.15, 0.2) is 35.8 Å². The van der Waals surface area contributed by atoms with Crippen LogP contribution in [-0.4, -0.2) is 31.9 Å². The van der Waals surface area contributed by atoms with E-state index in [2.05, 4.69) is 5.10 Å². The van der Waals surface area contributed by atoms with Crippen LogP contribution < -0.4 is 0 Å². The second kappa shape index (κ2) is 6.36. The molecule has 1 saturated heterocycles. The molecule has 0 saturated carbocycles. The minimum atomic E-state index is 0.0754. The Morgan fingerprint density at radius 2 is 2.29 bits per heavy atom. The van der Waals surface area contributed by atoms with Gasteiger partial charge in [0.05, 0.1) is 23.9 Å². The van der Waals surface area contributed by atoms with Crippen LogP contribution in [0.5, 0.6) is 0 Å². The number of thiophene rings is 1. The number of aromatic nitrogens is 3. The molecule has 1 amide bonds. The van der Waals surface area contributed by atoms with Gasteiger partial charge < -0.3 is 4.90 Å². The number of carbonyl (C=O) groups is 1. The molecule has 1 aliphatic rings. The van der Waals surface area contributed by atoms with Crippen LogP contribution in [0.2, 0.25) is 0 Å². The molecule has 24 heavy (non-hydrogen) atoms. The standard InChI is InChI=1S/C18H20N4OS/c1-13-11-17-19-15(7-9-22(17)20-13)16-6-2-3-8-21(16)18(23)12-14-5-4-10-24-14/h4-5,7,9-11,16H,2-3,6,8,12H2,1H3/t16-/m1/s1. The lowest BCUT2D eigenvalue weighted by molar-refractivity contribution is -0.134. The summed E-state index contributed by atoms with van der Waals surface area (Å²) >= 11 is 1.64. The van der Waals surface area contributed by atoms with Crippen molar-refractivity contribution in [3.8, 4) is 0 Å². The van der Waals surface area contributed by atoms with Crippen molar-refractivity contribution in [3.05, 3.63) is 52.1 Å². The molecule has 3 aromatic heterocycles. The lowest BCUT2D eigenvalue weighted by atomic mass is 9.98. The highest BCUT2D eigenvalue weighted by Crippen LogP contribution is 2.31. The maximum absolute atomic E-state index is 12.8. The van der Waals surface area contributed by atoms with Crippen LogP contribution in [-0.2, 0) is 11.2 Å². The number of hydrogen-bond acceptors (Lipinski definition) is 4. The van der Waals surface area contributed by atoms with Gasteiger partial charge in [0.15, 0.2) is 5.65 Å². The molecule has 0 aliphatic carbocycles. The Kier molecular flexibility index (Phi) is 4.06. The fourth-order valence-electron chi connectivity index (χ4n) is 3.40. The fraction of sp³-hybridized carbons (Fsp3) is 0.389. The van der Waals surface area contributed by atoms with Crippen molar-refractivity contribution in [1.82, 2.24) is 19.5 Å². The van der Waals surface area contributed by atoms with E-state index < -0.39 is 0 Å². The smallest absolute Gasteiger partial charge is 0.228 e. The first-order valence-electron chi connectivity index (χ1n) is 8.35. The van der Waals surface area contributed by atoms with Gasteiger partial charge in [-0.25, -0.2) is 9.50 Å². The van der Waals surface area contributed by atoms with Gasteiger partial charge in [0.1, 0.15) is 0 Å². The van der Waals surface area contributed by atoms with Crippen LogP contribution in [0.4, 0.5) is 0 Å². The molecule has 1 aliphatic heterocycles. The molecule has 4 rings (SSSR count). The second-order valence-corrected chi connectivity index (χ2v) is 7.33. The number of aryl methyl sites for hydroxylation is 1. The summed E-state index contributed by atoms with van der Waals surface area (Å²) in [6.45, 7) is 2.78. The summed E-state index contributed by atoms with van der Waals surface area (Å²) in [5, 5.41) is 6.40. The monoisotopic (exact) mass is 340 g/mol. The average Bonchev–Trinajstić information content (AvgIpc) is 3.22. The molecule has 0 N–H and O–H groups in total. The molecule has 0 bridgehead atoms. The number of rotatable bonds is 3. The first-order chi connectivity index (χ1) is 11.7. The first kappa shape index (κ1) is 15.3. The normalized spacial score (nSPS) is 18.2. The maximum atomic E-state index is 12.8. The number of nitrogens with zero attached hydrogens (tertiary/aromatic N) is 4. The van der Waals surface area contributed by atoms with Crippen molar-refractivity contribution in [1.29, 1.82) is 0 Å². The van der Waals surface area contributed by atoms with Gasteiger partial charge in [-0.05, 0) is 43.7 Å². The highest BCUT2D eigenvalue weighted by molar-refractivity contribution is 7.10. The minimum Gasteiger partial charge on any atom is -0.334 e. The molecule has 1 fully saturated rings. The van der Waals surface area contributed by atoms with Crippen molar-refractivity contribution in [3.63, 3.8) is 0 Å². The van der Waals surface area contributed by atoms with Gasteiger partial charge in [0.2, 0.25) is 5.91 Å². The Hall–Kier alpha value is -2.21.